The minimum Gasteiger partial charge on any atom is -0.441 e. The Morgan fingerprint density at radius 2 is 0.741 bits per heavy atom. The van der Waals surface area contributed by atoms with Crippen molar-refractivity contribution in [3.8, 4) is 0 Å². The molecule has 24 nitrogen and oxygen atoms in total. The van der Waals surface area contributed by atoms with Crippen LogP contribution < -0.4 is 33.2 Å². The van der Waals surface area contributed by atoms with Gasteiger partial charge in [-0.3, -0.25) is 14.4 Å². The molecule has 0 saturated heterocycles. The largest absolute Gasteiger partial charge is 0.441 e. The van der Waals surface area contributed by atoms with Gasteiger partial charge in [-0.2, -0.15) is 0 Å². The number of nitrogens with two attached hydrogens (primary N) is 3. The summed E-state index contributed by atoms with van der Waals surface area (Å²) in [6, 6.07) is 11.1. The van der Waals surface area contributed by atoms with Gasteiger partial charge in [0.1, 0.15) is 29.9 Å². The number of ether oxygens (including phenoxy) is 3. The molecule has 18 atom stereocenters. The van der Waals surface area contributed by atoms with Gasteiger partial charge in [0.2, 0.25) is 0 Å². The monoisotopic (exact) mass is 1580 g/mol. The summed E-state index contributed by atoms with van der Waals surface area (Å²) < 4.78 is 73.8. The molecule has 6 bridgehead atoms. The first-order valence-electron chi connectivity index (χ1n) is 38.4. The second-order valence-corrected chi connectivity index (χ2v) is 31.0. The van der Waals surface area contributed by atoms with E-state index in [1.807, 2.05) is 27.7 Å². The lowest BCUT2D eigenvalue weighted by Crippen LogP contribution is -2.34. The van der Waals surface area contributed by atoms with E-state index in [-0.39, 0.29) is 92.7 Å². The van der Waals surface area contributed by atoms with Crippen LogP contribution in [0.3, 0.4) is 0 Å². The van der Waals surface area contributed by atoms with Crippen molar-refractivity contribution in [2.75, 3.05) is 55.6 Å². The van der Waals surface area contributed by atoms with Crippen molar-refractivity contribution in [2.45, 2.75) is 197 Å². The van der Waals surface area contributed by atoms with Gasteiger partial charge in [0, 0.05) is 133 Å². The SMILES string of the molecule is C/C1=C\CC[C@H](CO)[C@@H](OC(N)=O)/C(C)=C/[C@H](C)[C@@H](O)[C@@H](CO)C[C@H](C)Cc2cc(F)cc(c2)NC1=O.C/C1=C\CC[C@H](CO)[C@@H](OC(N)=O)/C(C)=C/[C@H](C)[C@@H](O)[C@@H](CO)C[C@H](C)Cc2cc(cc(F)c2F)NC1=O.C/C1=C\CC[C@H](CO)[C@@H](OC(N)=O)/C(C)=C/[C@H](C)[C@@H](O)[C@@H](CO)C[C@H](C)Cc2cc(ccc2F)NC1=O. The Kier molecular flexibility index (Phi) is 40.6. The molecule has 3 aliphatic heterocycles. The van der Waals surface area contributed by atoms with Crippen LogP contribution in [0.4, 0.5) is 49.0 Å². The van der Waals surface area contributed by atoms with Crippen LogP contribution in [0.25, 0.3) is 0 Å². The van der Waals surface area contributed by atoms with Crippen LogP contribution in [0, 0.1) is 94.3 Å². The number of anilines is 3. The number of rotatable bonds is 9. The third-order valence-electron chi connectivity index (χ3n) is 21.2. The first-order chi connectivity index (χ1) is 52.8. The normalized spacial score (nSPS) is 31.2. The second-order valence-electron chi connectivity index (χ2n) is 31.0. The van der Waals surface area contributed by atoms with Gasteiger partial charge in [-0.15, -0.1) is 0 Å². The van der Waals surface area contributed by atoms with Crippen LogP contribution in [0.2, 0.25) is 0 Å². The van der Waals surface area contributed by atoms with E-state index in [0.717, 1.165) is 6.07 Å². The Morgan fingerprint density at radius 3 is 1.09 bits per heavy atom. The van der Waals surface area contributed by atoms with Gasteiger partial charge in [0.25, 0.3) is 17.7 Å². The molecule has 0 unspecified atom stereocenters. The first kappa shape index (κ1) is 96.1. The number of hydrogen-bond acceptors (Lipinski definition) is 18. The number of primary amides is 3. The van der Waals surface area contributed by atoms with E-state index < -0.39 is 132 Å². The highest BCUT2D eigenvalue weighted by molar-refractivity contribution is 6.04. The lowest BCUT2D eigenvalue weighted by atomic mass is 9.82. The van der Waals surface area contributed by atoms with Crippen molar-refractivity contribution < 1.29 is 106 Å². The van der Waals surface area contributed by atoms with Crippen LogP contribution in [-0.4, -0.2) is 158 Å². The van der Waals surface area contributed by atoms with Crippen molar-refractivity contribution in [3.05, 3.63) is 158 Å². The van der Waals surface area contributed by atoms with Crippen LogP contribution in [0.15, 0.2) is 118 Å². The van der Waals surface area contributed by atoms with Gasteiger partial charge in [0.15, 0.2) is 11.6 Å². The fourth-order valence-corrected chi connectivity index (χ4v) is 15.1. The molecule has 6 rings (SSSR count). The highest BCUT2D eigenvalue weighted by Crippen LogP contribution is 2.35. The molecule has 0 fully saturated rings. The lowest BCUT2D eigenvalue weighted by Gasteiger charge is -2.30. The van der Waals surface area contributed by atoms with E-state index in [9.17, 15) is 92.3 Å². The number of hydrogen-bond donors (Lipinski definition) is 15. The van der Waals surface area contributed by atoms with Crippen molar-refractivity contribution in [1.82, 2.24) is 0 Å². The van der Waals surface area contributed by atoms with E-state index in [2.05, 4.69) is 16.0 Å². The van der Waals surface area contributed by atoms with Crippen molar-refractivity contribution in [3.63, 3.8) is 0 Å². The zero-order valence-electron chi connectivity index (χ0n) is 66.6. The van der Waals surface area contributed by atoms with E-state index >= 15 is 0 Å². The minimum absolute atomic E-state index is 0.00264. The summed E-state index contributed by atoms with van der Waals surface area (Å²) in [5, 5.41) is 101. The predicted molar refractivity (Wildman–Crippen MR) is 420 cm³/mol. The van der Waals surface area contributed by atoms with Gasteiger partial charge in [-0.1, -0.05) is 78.0 Å². The van der Waals surface area contributed by atoms with Crippen molar-refractivity contribution in [2.24, 2.45) is 88.2 Å². The zero-order chi connectivity index (χ0) is 84.0. The molecule has 112 heavy (non-hydrogen) atoms. The third-order valence-corrected chi connectivity index (χ3v) is 21.2. The molecule has 0 saturated carbocycles. The summed E-state index contributed by atoms with van der Waals surface area (Å²) in [5.74, 6) is -8.74. The number of benzene rings is 3. The smallest absolute Gasteiger partial charge is 0.405 e. The number of aliphatic hydroxyl groups is 9. The lowest BCUT2D eigenvalue weighted by molar-refractivity contribution is -0.113. The number of halogens is 4. The van der Waals surface area contributed by atoms with E-state index in [1.165, 1.54) is 30.3 Å². The molecule has 0 radical (unpaired) electrons. The summed E-state index contributed by atoms with van der Waals surface area (Å²) in [6.45, 7) is 19.4. The average Bonchev–Trinajstić information content (AvgIpc) is 1.69. The minimum atomic E-state index is -1.09. The second kappa shape index (κ2) is 47.4. The number of nitrogens with one attached hydrogen (secondary N) is 3. The third kappa shape index (κ3) is 30.9. The molecular weight excluding hydrogens is 1460 g/mol. The Bertz CT molecular complexity index is 3790. The Hall–Kier alpha value is -8.32. The molecule has 0 aromatic heterocycles. The molecule has 3 aromatic carbocycles. The fourth-order valence-electron chi connectivity index (χ4n) is 15.1. The highest BCUT2D eigenvalue weighted by atomic mass is 19.2. The standard InChI is InChI=1S/C28H40F2N2O6.2C28H41FN2O6/c1-15-8-20-11-22(12-23(29)24(20)30)32-27(36)16(2)6-5-7-19(13-33)26(38-28(31)37)18(4)10-17(3)25(35)21(9-15)14-34;1-16-8-20-11-23(29)13-24(12-20)31-27(35)17(2)6-5-7-21(14-32)26(37-28(30)36)19(4)10-18(3)25(34)22(9-16)15-33;1-16-10-21-13-23(8-9-24(21)29)31-27(35)17(2)6-5-7-20(14-32)26(37-28(30)36)19(4)12-18(3)25(34)22(11-16)15-33/h6,10-12,15,17,19,21,25-26,33-35H,5,7-9,13-14H2,1-4H3,(H2,31,37)(H,32,36);6,10-13,16,18,21-22,25-26,32-34H,5,7-9,14-15H2,1-4H3,(H2,30,36)(H,31,35);6,8-9,12-13,16,18,20,22,25-26,32-34H,5,7,10-11,14-15H2,1-4H3,(H2,30,36)(H,31,35)/b16-6+,18-10+;17-6+,19-10+;17-6+,19-12+/t15-,17+,19-,21-,25-,26+;16-,18+,21-,22-,25-,26+;16-,18+,20-,22-,25-,26+/m111/s1. The molecule has 28 heteroatoms. The maximum absolute atomic E-state index is 14.6. The quantitative estimate of drug-likeness (QED) is 0.0537. The Morgan fingerprint density at radius 1 is 0.420 bits per heavy atom. The molecule has 3 aromatic rings. The summed E-state index contributed by atoms with van der Waals surface area (Å²) in [5.41, 5.74) is 21.1. The number of allylic oxidation sites excluding steroid dienone is 3. The van der Waals surface area contributed by atoms with Gasteiger partial charge >= 0.3 is 18.3 Å². The summed E-state index contributed by atoms with van der Waals surface area (Å²) >= 11 is 0. The predicted octanol–water partition coefficient (Wildman–Crippen LogP) is 11.2. The molecular formula is C84H122F4N6O18. The number of carbonyl (C=O) groups is 6. The van der Waals surface area contributed by atoms with Crippen LogP contribution in [0.5, 0.6) is 0 Å². The summed E-state index contributed by atoms with van der Waals surface area (Å²) in [7, 11) is 0. The van der Waals surface area contributed by atoms with Gasteiger partial charge in [-0.05, 0) is 212 Å². The average molecular weight is 1580 g/mol. The summed E-state index contributed by atoms with van der Waals surface area (Å²) in [4.78, 5) is 73.0. The van der Waals surface area contributed by atoms with Crippen LogP contribution in [0.1, 0.15) is 158 Å². The Labute approximate surface area is 655 Å². The first-order valence-corrected chi connectivity index (χ1v) is 38.4. The van der Waals surface area contributed by atoms with E-state index in [0.29, 0.717) is 127 Å². The number of fused-ring (bicyclic) bond motifs is 6. The van der Waals surface area contributed by atoms with Crippen LogP contribution >= 0.6 is 0 Å². The number of carbonyl (C=O) groups excluding carboxylic acids is 6. The molecule has 18 N–H and O–H groups in total. The van der Waals surface area contributed by atoms with Gasteiger partial charge < -0.3 is 93.3 Å². The topological polar surface area (TPSA) is 426 Å². The molecule has 624 valence electrons. The van der Waals surface area contributed by atoms with E-state index in [1.54, 1.807) is 104 Å². The van der Waals surface area contributed by atoms with Gasteiger partial charge in [-0.25, -0.2) is 31.9 Å². The number of amides is 6. The van der Waals surface area contributed by atoms with Crippen molar-refractivity contribution >= 4 is 53.1 Å². The molecule has 3 heterocycles. The van der Waals surface area contributed by atoms with E-state index in [4.69, 9.17) is 31.4 Å². The molecule has 6 amide bonds. The summed E-state index contributed by atoms with van der Waals surface area (Å²) in [6.07, 6.45) is 6.61. The Balaban J connectivity index is 0.000000354. The van der Waals surface area contributed by atoms with Crippen molar-refractivity contribution in [1.29, 1.82) is 0 Å². The fraction of sp³-hybridized carbons (Fsp3) is 0.571. The maximum atomic E-state index is 14.6. The highest BCUT2D eigenvalue weighted by Gasteiger charge is 2.34. The number of aliphatic hydroxyl groups excluding tert-OH is 9. The zero-order valence-corrected chi connectivity index (χ0v) is 66.6. The van der Waals surface area contributed by atoms with Crippen LogP contribution in [-0.2, 0) is 47.9 Å². The van der Waals surface area contributed by atoms with Gasteiger partial charge in [0.05, 0.1) is 18.3 Å². The molecule has 0 spiro atoms. The molecule has 0 aliphatic carbocycles. The maximum Gasteiger partial charge on any atom is 0.405 e. The molecule has 3 aliphatic rings.